The number of nitriles is 1. The van der Waals surface area contributed by atoms with Crippen LogP contribution in [-0.2, 0) is 22.7 Å². The molecule has 0 aliphatic heterocycles. The summed E-state index contributed by atoms with van der Waals surface area (Å²) in [6.07, 6.45) is 1.48. The first-order valence-electron chi connectivity index (χ1n) is 10.5. The highest BCUT2D eigenvalue weighted by Gasteiger charge is 2.18. The maximum Gasteiger partial charge on any atom is 0.278 e. The van der Waals surface area contributed by atoms with Crippen LogP contribution in [0.25, 0.3) is 0 Å². The molecule has 1 heterocycles. The summed E-state index contributed by atoms with van der Waals surface area (Å²) >= 11 is 15.5. The third-order valence-corrected chi connectivity index (χ3v) is 6.44. The predicted octanol–water partition coefficient (Wildman–Crippen LogP) is 5.59. The molecule has 0 radical (unpaired) electrons. The maximum atomic E-state index is 12.2. The maximum absolute atomic E-state index is 12.2. The zero-order valence-electron chi connectivity index (χ0n) is 19.3. The summed E-state index contributed by atoms with van der Waals surface area (Å²) in [6.45, 7) is 1.88. The van der Waals surface area contributed by atoms with E-state index in [1.54, 1.807) is 43.3 Å². The van der Waals surface area contributed by atoms with Crippen LogP contribution in [0.2, 0.25) is 10.0 Å². The molecule has 36 heavy (non-hydrogen) atoms. The van der Waals surface area contributed by atoms with E-state index in [0.29, 0.717) is 38.1 Å². The molecule has 3 rings (SSSR count). The summed E-state index contributed by atoms with van der Waals surface area (Å²) in [7, 11) is 1.52. The summed E-state index contributed by atoms with van der Waals surface area (Å²) in [5.41, 5.74) is 5.36. The Bertz CT molecular complexity index is 1310. The van der Waals surface area contributed by atoms with Gasteiger partial charge in [0, 0.05) is 32.8 Å². The zero-order chi connectivity index (χ0) is 26.1. The molecule has 0 aliphatic rings. The van der Waals surface area contributed by atoms with Crippen LogP contribution >= 0.6 is 39.1 Å². The summed E-state index contributed by atoms with van der Waals surface area (Å²) in [5, 5.41) is 14.5. The Morgan fingerprint density at radius 3 is 2.61 bits per heavy atom. The highest BCUT2D eigenvalue weighted by Crippen LogP contribution is 2.30. The fourth-order valence-corrected chi connectivity index (χ4v) is 3.87. The summed E-state index contributed by atoms with van der Waals surface area (Å²) in [6, 6.07) is 14.4. The average Bonchev–Trinajstić information content (AvgIpc) is 2.86. The molecule has 11 heteroatoms. The van der Waals surface area contributed by atoms with E-state index in [1.807, 2.05) is 6.07 Å². The van der Waals surface area contributed by atoms with E-state index >= 15 is 0 Å². The Balaban J connectivity index is 1.52. The quantitative estimate of drug-likeness (QED) is 0.243. The van der Waals surface area contributed by atoms with Gasteiger partial charge in [0.05, 0.1) is 18.5 Å². The van der Waals surface area contributed by atoms with Gasteiger partial charge in [-0.05, 0) is 64.8 Å². The van der Waals surface area contributed by atoms with Crippen molar-refractivity contribution in [1.29, 1.82) is 5.26 Å². The van der Waals surface area contributed by atoms with E-state index in [1.165, 1.54) is 13.3 Å². The molecule has 1 N–H and O–H groups in total. The number of carbonyl (C=O) groups is 1. The number of hydrogen-bond acceptors (Lipinski definition) is 7. The molecule has 1 aromatic heterocycles. The second-order valence-corrected chi connectivity index (χ2v) is 9.03. The fourth-order valence-electron chi connectivity index (χ4n) is 3.01. The van der Waals surface area contributed by atoms with Crippen LogP contribution in [0, 0.1) is 18.3 Å². The molecule has 8 nitrogen and oxygen atoms in total. The highest BCUT2D eigenvalue weighted by molar-refractivity contribution is 9.10. The normalized spacial score (nSPS) is 10.8. The van der Waals surface area contributed by atoms with Crippen molar-refractivity contribution in [3.63, 3.8) is 0 Å². The molecular weight excluding hydrogens is 571 g/mol. The number of hydrogen-bond donors (Lipinski definition) is 1. The van der Waals surface area contributed by atoms with Crippen LogP contribution in [0.15, 0.2) is 52.0 Å². The van der Waals surface area contributed by atoms with Crippen LogP contribution in [0.4, 0.5) is 0 Å². The predicted molar refractivity (Wildman–Crippen MR) is 141 cm³/mol. The minimum Gasteiger partial charge on any atom is -0.489 e. The summed E-state index contributed by atoms with van der Waals surface area (Å²) in [5.74, 6) is 0.194. The van der Waals surface area contributed by atoms with Crippen LogP contribution in [0.3, 0.4) is 0 Å². The monoisotopic (exact) mass is 590 g/mol. The molecule has 0 spiro atoms. The van der Waals surface area contributed by atoms with E-state index in [9.17, 15) is 10.1 Å². The van der Waals surface area contributed by atoms with E-state index in [-0.39, 0.29) is 24.7 Å². The van der Waals surface area contributed by atoms with Crippen molar-refractivity contribution in [3.05, 3.63) is 84.9 Å². The van der Waals surface area contributed by atoms with E-state index in [4.69, 9.17) is 37.4 Å². The van der Waals surface area contributed by atoms with Gasteiger partial charge in [-0.2, -0.15) is 10.4 Å². The van der Waals surface area contributed by atoms with Gasteiger partial charge in [0.1, 0.15) is 24.0 Å². The van der Waals surface area contributed by atoms with Crippen molar-refractivity contribution >= 4 is 51.3 Å². The largest absolute Gasteiger partial charge is 0.489 e. The SMILES string of the molecule is COCc1c(Br)c(C)nc(OCC(=O)N/N=C/c2ccc(OCc3ccc(Cl)cc3Cl)cc2)c1C#N. The Morgan fingerprint density at radius 1 is 1.19 bits per heavy atom. The topological polar surface area (TPSA) is 106 Å². The van der Waals surface area contributed by atoms with Crippen LogP contribution in [0.1, 0.15) is 27.9 Å². The third-order valence-electron chi connectivity index (χ3n) is 4.80. The zero-order valence-corrected chi connectivity index (χ0v) is 22.4. The number of carbonyl (C=O) groups excluding carboxylic acids is 1. The van der Waals surface area contributed by atoms with Crippen molar-refractivity contribution in [2.75, 3.05) is 13.7 Å². The first-order chi connectivity index (χ1) is 17.3. The molecule has 0 bridgehead atoms. The number of halogens is 3. The number of hydrazone groups is 1. The van der Waals surface area contributed by atoms with Gasteiger partial charge < -0.3 is 14.2 Å². The molecule has 1 amide bonds. The van der Waals surface area contributed by atoms with Crippen molar-refractivity contribution in [2.24, 2.45) is 5.10 Å². The second kappa shape index (κ2) is 13.2. The number of nitrogens with one attached hydrogen (secondary N) is 1. The van der Waals surface area contributed by atoms with Crippen molar-refractivity contribution < 1.29 is 19.0 Å². The fraction of sp³-hybridized carbons (Fsp3) is 0.200. The highest BCUT2D eigenvalue weighted by atomic mass is 79.9. The molecule has 0 unspecified atom stereocenters. The number of aromatic nitrogens is 1. The summed E-state index contributed by atoms with van der Waals surface area (Å²) < 4.78 is 17.0. The van der Waals surface area contributed by atoms with Crippen LogP contribution in [0.5, 0.6) is 11.6 Å². The standard InChI is InChI=1S/C25H21BrCl2N4O4/c1-15-24(26)21(13-34-2)20(10-29)25(31-15)36-14-23(33)32-30-11-16-3-7-19(8-4-16)35-12-17-5-6-18(27)9-22(17)28/h3-9,11H,12-14H2,1-2H3,(H,32,33)/b30-11+. The van der Waals surface area contributed by atoms with Crippen LogP contribution < -0.4 is 14.9 Å². The number of amides is 1. The average molecular weight is 592 g/mol. The number of pyridine rings is 1. The lowest BCUT2D eigenvalue weighted by Crippen LogP contribution is -2.25. The first kappa shape index (κ1) is 27.4. The molecule has 0 saturated heterocycles. The second-order valence-electron chi connectivity index (χ2n) is 7.39. The van der Waals surface area contributed by atoms with E-state index < -0.39 is 5.91 Å². The number of methoxy groups -OCH3 is 1. The van der Waals surface area contributed by atoms with E-state index in [0.717, 1.165) is 11.1 Å². The molecule has 0 aliphatic carbocycles. The van der Waals surface area contributed by atoms with Crippen molar-refractivity contribution in [2.45, 2.75) is 20.1 Å². The molecule has 186 valence electrons. The molecule has 0 saturated carbocycles. The molecule has 0 atom stereocenters. The Kier molecular flexibility index (Phi) is 10.1. The number of aryl methyl sites for hydroxylation is 1. The first-order valence-corrected chi connectivity index (χ1v) is 12.1. The van der Waals surface area contributed by atoms with Gasteiger partial charge in [0.25, 0.3) is 5.91 Å². The molecular formula is C25H21BrCl2N4O4. The lowest BCUT2D eigenvalue weighted by molar-refractivity contribution is -0.123. The number of rotatable bonds is 10. The van der Waals surface area contributed by atoms with Gasteiger partial charge in [-0.1, -0.05) is 29.3 Å². The van der Waals surface area contributed by atoms with Crippen molar-refractivity contribution in [1.82, 2.24) is 10.4 Å². The summed E-state index contributed by atoms with van der Waals surface area (Å²) in [4.78, 5) is 16.4. The molecule has 0 fully saturated rings. The molecule has 2 aromatic carbocycles. The van der Waals surface area contributed by atoms with Gasteiger partial charge in [0.2, 0.25) is 5.88 Å². The van der Waals surface area contributed by atoms with Gasteiger partial charge in [-0.15, -0.1) is 0 Å². The van der Waals surface area contributed by atoms with Gasteiger partial charge in [-0.25, -0.2) is 10.4 Å². The van der Waals surface area contributed by atoms with E-state index in [2.05, 4.69) is 37.5 Å². The Morgan fingerprint density at radius 2 is 1.94 bits per heavy atom. The smallest absolute Gasteiger partial charge is 0.278 e. The minimum atomic E-state index is -0.509. The Labute approximate surface area is 226 Å². The van der Waals surface area contributed by atoms with Gasteiger partial charge >= 0.3 is 0 Å². The van der Waals surface area contributed by atoms with Gasteiger partial charge in [-0.3, -0.25) is 4.79 Å². The lowest BCUT2D eigenvalue weighted by Gasteiger charge is -2.13. The Hall–Kier alpha value is -3.16. The third kappa shape index (κ3) is 7.42. The number of benzene rings is 2. The van der Waals surface area contributed by atoms with Gasteiger partial charge in [0.15, 0.2) is 6.61 Å². The minimum absolute atomic E-state index is 0.0554. The van der Waals surface area contributed by atoms with Crippen molar-refractivity contribution in [3.8, 4) is 17.7 Å². The lowest BCUT2D eigenvalue weighted by atomic mass is 10.1. The number of ether oxygens (including phenoxy) is 3. The van der Waals surface area contributed by atoms with Crippen LogP contribution in [-0.4, -0.2) is 30.8 Å². The number of nitrogens with zero attached hydrogens (tertiary/aromatic N) is 3. The molecule has 3 aromatic rings.